The fourth-order valence-corrected chi connectivity index (χ4v) is 3.64. The van der Waals surface area contributed by atoms with E-state index in [0.29, 0.717) is 17.4 Å². The van der Waals surface area contributed by atoms with Gasteiger partial charge in [0.25, 0.3) is 0 Å². The monoisotopic (exact) mass is 382 g/mol. The zero-order chi connectivity index (χ0) is 19.1. The number of hydrogen-bond donors (Lipinski definition) is 1. The van der Waals surface area contributed by atoms with Crippen molar-refractivity contribution in [3.63, 3.8) is 0 Å². The maximum atomic E-state index is 11.2. The Kier molecular flexibility index (Phi) is 4.36. The van der Waals surface area contributed by atoms with Crippen molar-refractivity contribution in [3.8, 4) is 0 Å². The van der Waals surface area contributed by atoms with Crippen LogP contribution in [0.1, 0.15) is 35.6 Å². The van der Waals surface area contributed by atoms with Gasteiger partial charge in [-0.15, -0.1) is 0 Å². The van der Waals surface area contributed by atoms with Crippen LogP contribution in [0.15, 0.2) is 42.9 Å². The SMILES string of the molecule is CC(C)Cn1ncc2cc(Cl)cc(Cc3ncc4cc(C(=O)O)ccn34)c21. The standard InChI is InChI=1S/C20H19ClN4O2/c1-12(2)11-25-19-14(5-16(21)6-15(19)9-23-25)8-18-22-10-17-7-13(20(26)27)3-4-24(17)18/h3-7,9-10,12H,8,11H2,1-2H3,(H,26,27). The molecule has 0 saturated heterocycles. The average Bonchev–Trinajstić information content (AvgIpc) is 3.18. The third-order valence-corrected chi connectivity index (χ3v) is 4.74. The summed E-state index contributed by atoms with van der Waals surface area (Å²) >= 11 is 6.32. The first kappa shape index (κ1) is 17.5. The number of nitrogens with zero attached hydrogens (tertiary/aromatic N) is 4. The van der Waals surface area contributed by atoms with Crippen molar-refractivity contribution in [3.05, 3.63) is 64.8 Å². The van der Waals surface area contributed by atoms with Gasteiger partial charge in [0.2, 0.25) is 0 Å². The van der Waals surface area contributed by atoms with Crippen LogP contribution in [0.5, 0.6) is 0 Å². The van der Waals surface area contributed by atoms with Crippen molar-refractivity contribution < 1.29 is 9.90 Å². The predicted octanol–water partition coefficient (Wildman–Crippen LogP) is 4.28. The quantitative estimate of drug-likeness (QED) is 0.559. The summed E-state index contributed by atoms with van der Waals surface area (Å²) in [5.74, 6) is 0.343. The van der Waals surface area contributed by atoms with E-state index in [9.17, 15) is 4.79 Å². The van der Waals surface area contributed by atoms with Gasteiger partial charge in [-0.2, -0.15) is 5.10 Å². The molecular weight excluding hydrogens is 364 g/mol. The molecule has 0 unspecified atom stereocenters. The van der Waals surface area contributed by atoms with E-state index in [0.717, 1.165) is 34.4 Å². The smallest absolute Gasteiger partial charge is 0.335 e. The number of rotatable bonds is 5. The molecule has 0 bridgehead atoms. The normalized spacial score (nSPS) is 11.7. The van der Waals surface area contributed by atoms with Gasteiger partial charge < -0.3 is 9.51 Å². The zero-order valence-electron chi connectivity index (χ0n) is 15.1. The van der Waals surface area contributed by atoms with Crippen molar-refractivity contribution in [1.29, 1.82) is 0 Å². The molecule has 0 spiro atoms. The molecule has 3 heterocycles. The molecule has 138 valence electrons. The van der Waals surface area contributed by atoms with Crippen LogP contribution in [-0.4, -0.2) is 30.2 Å². The van der Waals surface area contributed by atoms with Gasteiger partial charge in [0.1, 0.15) is 5.82 Å². The fourth-order valence-electron chi connectivity index (χ4n) is 3.39. The van der Waals surface area contributed by atoms with Gasteiger partial charge in [-0.25, -0.2) is 9.78 Å². The Bertz CT molecular complexity index is 1160. The summed E-state index contributed by atoms with van der Waals surface area (Å²) < 4.78 is 3.92. The van der Waals surface area contributed by atoms with Crippen molar-refractivity contribution in [2.75, 3.05) is 0 Å². The van der Waals surface area contributed by atoms with Crippen molar-refractivity contribution in [2.45, 2.75) is 26.8 Å². The Morgan fingerprint density at radius 2 is 2.07 bits per heavy atom. The molecule has 4 rings (SSSR count). The molecule has 0 amide bonds. The maximum absolute atomic E-state index is 11.2. The second kappa shape index (κ2) is 6.70. The Morgan fingerprint density at radius 1 is 1.26 bits per heavy atom. The number of benzene rings is 1. The van der Waals surface area contributed by atoms with Gasteiger partial charge in [0.05, 0.1) is 29.0 Å². The van der Waals surface area contributed by atoms with Crippen LogP contribution in [-0.2, 0) is 13.0 Å². The first-order valence-corrected chi connectivity index (χ1v) is 9.13. The lowest BCUT2D eigenvalue weighted by molar-refractivity contribution is 0.0697. The molecule has 7 heteroatoms. The number of imidazole rings is 1. The second-order valence-corrected chi connectivity index (χ2v) is 7.53. The van der Waals surface area contributed by atoms with Gasteiger partial charge in [0, 0.05) is 29.6 Å². The minimum atomic E-state index is -0.950. The molecule has 0 saturated carbocycles. The lowest BCUT2D eigenvalue weighted by Crippen LogP contribution is -2.08. The van der Waals surface area contributed by atoms with Gasteiger partial charge in [-0.3, -0.25) is 4.68 Å². The predicted molar refractivity (Wildman–Crippen MR) is 105 cm³/mol. The highest BCUT2D eigenvalue weighted by Gasteiger charge is 2.14. The summed E-state index contributed by atoms with van der Waals surface area (Å²) in [5.41, 5.74) is 3.10. The molecule has 0 atom stereocenters. The van der Waals surface area contributed by atoms with E-state index in [1.807, 2.05) is 27.4 Å². The summed E-state index contributed by atoms with van der Waals surface area (Å²) in [6, 6.07) is 7.08. The van der Waals surface area contributed by atoms with E-state index in [2.05, 4.69) is 23.9 Å². The van der Waals surface area contributed by atoms with Gasteiger partial charge in [-0.1, -0.05) is 25.4 Å². The third-order valence-electron chi connectivity index (χ3n) is 4.52. The largest absolute Gasteiger partial charge is 0.478 e. The molecule has 3 aromatic heterocycles. The molecule has 0 aliphatic heterocycles. The number of fused-ring (bicyclic) bond motifs is 2. The summed E-state index contributed by atoms with van der Waals surface area (Å²) in [4.78, 5) is 15.7. The minimum absolute atomic E-state index is 0.245. The molecule has 0 aliphatic rings. The van der Waals surface area contributed by atoms with Crippen LogP contribution in [0.4, 0.5) is 0 Å². The minimum Gasteiger partial charge on any atom is -0.478 e. The Balaban J connectivity index is 1.80. The number of aromatic nitrogens is 4. The van der Waals surface area contributed by atoms with E-state index in [4.69, 9.17) is 16.7 Å². The topological polar surface area (TPSA) is 72.4 Å². The summed E-state index contributed by atoms with van der Waals surface area (Å²) in [6.45, 7) is 5.14. The summed E-state index contributed by atoms with van der Waals surface area (Å²) in [6.07, 6.45) is 5.85. The zero-order valence-corrected chi connectivity index (χ0v) is 15.8. The van der Waals surface area contributed by atoms with Crippen molar-refractivity contribution in [1.82, 2.24) is 19.2 Å². The molecule has 1 aromatic carbocycles. The highest BCUT2D eigenvalue weighted by molar-refractivity contribution is 6.31. The van der Waals surface area contributed by atoms with Gasteiger partial charge in [0.15, 0.2) is 0 Å². The van der Waals surface area contributed by atoms with Crippen LogP contribution < -0.4 is 0 Å². The molecule has 0 radical (unpaired) electrons. The molecule has 6 nitrogen and oxygen atoms in total. The highest BCUT2D eigenvalue weighted by Crippen LogP contribution is 2.27. The highest BCUT2D eigenvalue weighted by atomic mass is 35.5. The maximum Gasteiger partial charge on any atom is 0.335 e. The number of hydrogen-bond acceptors (Lipinski definition) is 3. The lowest BCUT2D eigenvalue weighted by atomic mass is 10.1. The number of pyridine rings is 1. The number of carboxylic acids is 1. The second-order valence-electron chi connectivity index (χ2n) is 7.09. The first-order chi connectivity index (χ1) is 12.9. The first-order valence-electron chi connectivity index (χ1n) is 8.75. The van der Waals surface area contributed by atoms with Crippen LogP contribution in [0.2, 0.25) is 5.02 Å². The molecule has 0 fully saturated rings. The Hall–Kier alpha value is -2.86. The molecule has 27 heavy (non-hydrogen) atoms. The molecule has 1 N–H and O–H groups in total. The van der Waals surface area contributed by atoms with E-state index in [1.165, 1.54) is 0 Å². The van der Waals surface area contributed by atoms with Crippen molar-refractivity contribution >= 4 is 34.0 Å². The van der Waals surface area contributed by atoms with E-state index < -0.39 is 5.97 Å². The number of halogens is 1. The summed E-state index contributed by atoms with van der Waals surface area (Å²) in [5, 5.41) is 15.4. The lowest BCUT2D eigenvalue weighted by Gasteiger charge is -2.11. The van der Waals surface area contributed by atoms with Crippen LogP contribution in [0.25, 0.3) is 16.4 Å². The van der Waals surface area contributed by atoms with Crippen LogP contribution in [0.3, 0.4) is 0 Å². The number of carboxylic acid groups (broad SMARTS) is 1. The van der Waals surface area contributed by atoms with Crippen molar-refractivity contribution in [2.24, 2.45) is 5.92 Å². The Morgan fingerprint density at radius 3 is 2.81 bits per heavy atom. The molecule has 0 aliphatic carbocycles. The number of carbonyl (C=O) groups is 1. The average molecular weight is 383 g/mol. The van der Waals surface area contributed by atoms with E-state index in [-0.39, 0.29) is 5.56 Å². The van der Waals surface area contributed by atoms with Crippen LogP contribution in [0, 0.1) is 5.92 Å². The molecule has 4 aromatic rings. The third kappa shape index (κ3) is 3.28. The van der Waals surface area contributed by atoms with Gasteiger partial charge >= 0.3 is 5.97 Å². The van der Waals surface area contributed by atoms with Gasteiger partial charge in [-0.05, 0) is 35.7 Å². The van der Waals surface area contributed by atoms with Crippen LogP contribution >= 0.6 is 11.6 Å². The van der Waals surface area contributed by atoms with E-state index >= 15 is 0 Å². The summed E-state index contributed by atoms with van der Waals surface area (Å²) in [7, 11) is 0. The van der Waals surface area contributed by atoms with E-state index in [1.54, 1.807) is 24.5 Å². The fraction of sp³-hybridized carbons (Fsp3) is 0.250. The molecular formula is C20H19ClN4O2. The Labute approximate surface area is 161 Å². The number of aromatic carboxylic acids is 1.